The van der Waals surface area contributed by atoms with Gasteiger partial charge in [-0.15, -0.1) is 0 Å². The first-order valence-electron chi connectivity index (χ1n) is 5.47. The number of rotatable bonds is 7. The Morgan fingerprint density at radius 1 is 1.39 bits per heavy atom. The molecule has 1 N–H and O–H groups in total. The molecule has 1 aromatic rings. The van der Waals surface area contributed by atoms with E-state index in [9.17, 15) is 13.9 Å². The van der Waals surface area contributed by atoms with Crippen LogP contribution in [0.25, 0.3) is 0 Å². The van der Waals surface area contributed by atoms with Gasteiger partial charge in [0.2, 0.25) is 0 Å². The van der Waals surface area contributed by atoms with Crippen LogP contribution in [0.4, 0.5) is 8.78 Å². The van der Waals surface area contributed by atoms with E-state index in [1.807, 2.05) is 12.1 Å². The molecule has 0 saturated heterocycles. The van der Waals surface area contributed by atoms with Crippen molar-refractivity contribution in [2.75, 3.05) is 13.2 Å². The molecular weight excluding hydrogens is 329 g/mol. The third-order valence-corrected chi connectivity index (χ3v) is 3.16. The van der Waals surface area contributed by atoms with Gasteiger partial charge in [-0.1, -0.05) is 33.6 Å². The first kappa shape index (κ1) is 15.8. The van der Waals surface area contributed by atoms with Gasteiger partial charge in [0.15, 0.2) is 0 Å². The van der Waals surface area contributed by atoms with Gasteiger partial charge in [-0.3, -0.25) is 0 Å². The maximum Gasteiger partial charge on any atom is 0.261 e. The molecular formula is C12H14BrClF2O2. The summed E-state index contributed by atoms with van der Waals surface area (Å²) < 4.78 is 29.1. The monoisotopic (exact) mass is 342 g/mol. The molecule has 0 saturated carbocycles. The molecule has 18 heavy (non-hydrogen) atoms. The Bertz CT molecular complexity index is 377. The van der Waals surface area contributed by atoms with Crippen molar-refractivity contribution in [3.8, 4) is 0 Å². The lowest BCUT2D eigenvalue weighted by atomic mass is 10.1. The van der Waals surface area contributed by atoms with Crippen molar-refractivity contribution in [2.24, 2.45) is 0 Å². The van der Waals surface area contributed by atoms with Crippen LogP contribution in [0.3, 0.4) is 0 Å². The Kier molecular flexibility index (Phi) is 7.07. The molecule has 0 aliphatic carbocycles. The zero-order chi connectivity index (χ0) is 13.5. The maximum absolute atomic E-state index is 11.8. The van der Waals surface area contributed by atoms with E-state index in [-0.39, 0.29) is 6.61 Å². The molecule has 0 bridgehead atoms. The van der Waals surface area contributed by atoms with E-state index in [1.165, 1.54) is 0 Å². The zero-order valence-electron chi connectivity index (χ0n) is 9.58. The first-order valence-corrected chi connectivity index (χ1v) is 6.64. The summed E-state index contributed by atoms with van der Waals surface area (Å²) in [6, 6.07) is 5.40. The zero-order valence-corrected chi connectivity index (χ0v) is 11.9. The molecule has 0 spiro atoms. The van der Waals surface area contributed by atoms with E-state index in [0.29, 0.717) is 17.9 Å². The summed E-state index contributed by atoms with van der Waals surface area (Å²) in [6.07, 6.45) is -2.44. The average molecular weight is 344 g/mol. The van der Waals surface area contributed by atoms with Crippen molar-refractivity contribution < 1.29 is 18.6 Å². The van der Waals surface area contributed by atoms with Gasteiger partial charge in [-0.05, 0) is 30.5 Å². The molecule has 6 heteroatoms. The highest BCUT2D eigenvalue weighted by Gasteiger charge is 2.10. The number of hydrogen-bond acceptors (Lipinski definition) is 2. The van der Waals surface area contributed by atoms with E-state index >= 15 is 0 Å². The summed E-state index contributed by atoms with van der Waals surface area (Å²) in [5.41, 5.74) is 0.821. The molecule has 0 heterocycles. The third-order valence-electron chi connectivity index (χ3n) is 2.31. The van der Waals surface area contributed by atoms with Crippen LogP contribution in [0.1, 0.15) is 12.0 Å². The summed E-state index contributed by atoms with van der Waals surface area (Å²) >= 11 is 9.29. The number of benzene rings is 1. The highest BCUT2D eigenvalue weighted by atomic mass is 79.9. The fourth-order valence-corrected chi connectivity index (χ4v) is 2.19. The van der Waals surface area contributed by atoms with Gasteiger partial charge in [0.25, 0.3) is 6.43 Å². The van der Waals surface area contributed by atoms with Crippen LogP contribution in [0.5, 0.6) is 0 Å². The Balaban J connectivity index is 2.33. The lowest BCUT2D eigenvalue weighted by Gasteiger charge is -2.12. The molecule has 0 amide bonds. The van der Waals surface area contributed by atoms with Gasteiger partial charge in [-0.2, -0.15) is 0 Å². The van der Waals surface area contributed by atoms with Crippen molar-refractivity contribution in [1.82, 2.24) is 0 Å². The number of halogens is 4. The minimum atomic E-state index is -2.47. The Hall–Kier alpha value is -0.230. The summed E-state index contributed by atoms with van der Waals surface area (Å²) in [6.45, 7) is -0.481. The number of alkyl halides is 2. The largest absolute Gasteiger partial charge is 0.393 e. The molecule has 1 atom stereocenters. The molecule has 0 aliphatic heterocycles. The fourth-order valence-electron chi connectivity index (χ4n) is 1.43. The number of hydrogen-bond donors (Lipinski definition) is 1. The van der Waals surface area contributed by atoms with Crippen LogP contribution in [-0.2, 0) is 11.2 Å². The van der Waals surface area contributed by atoms with Gasteiger partial charge in [-0.25, -0.2) is 8.78 Å². The van der Waals surface area contributed by atoms with Crippen LogP contribution in [-0.4, -0.2) is 30.8 Å². The Morgan fingerprint density at radius 3 is 2.72 bits per heavy atom. The second kappa shape index (κ2) is 8.04. The molecule has 102 valence electrons. The number of aliphatic hydroxyl groups excluding tert-OH is 1. The number of ether oxygens (including phenoxy) is 1. The second-order valence-electron chi connectivity index (χ2n) is 3.85. The van der Waals surface area contributed by atoms with Crippen molar-refractivity contribution in [3.05, 3.63) is 33.3 Å². The highest BCUT2D eigenvalue weighted by Crippen LogP contribution is 2.22. The van der Waals surface area contributed by atoms with Gasteiger partial charge in [0.05, 0.1) is 6.10 Å². The SMILES string of the molecule is OC(CCOCC(F)F)Cc1ccc(Br)cc1Cl. The van der Waals surface area contributed by atoms with Crippen LogP contribution in [0.2, 0.25) is 5.02 Å². The smallest absolute Gasteiger partial charge is 0.261 e. The fraction of sp³-hybridized carbons (Fsp3) is 0.500. The average Bonchev–Trinajstić information content (AvgIpc) is 2.28. The van der Waals surface area contributed by atoms with Gasteiger partial charge in [0.1, 0.15) is 6.61 Å². The van der Waals surface area contributed by atoms with Crippen LogP contribution < -0.4 is 0 Å². The van der Waals surface area contributed by atoms with Gasteiger partial charge in [0, 0.05) is 16.1 Å². The lowest BCUT2D eigenvalue weighted by Crippen LogP contribution is -2.15. The summed E-state index contributed by atoms with van der Waals surface area (Å²) in [5.74, 6) is 0. The Morgan fingerprint density at radius 2 is 2.11 bits per heavy atom. The summed E-state index contributed by atoms with van der Waals surface area (Å²) in [5, 5.41) is 10.3. The van der Waals surface area contributed by atoms with Crippen molar-refractivity contribution >= 4 is 27.5 Å². The predicted molar refractivity (Wildman–Crippen MR) is 70.3 cm³/mol. The molecule has 2 nitrogen and oxygen atoms in total. The van der Waals surface area contributed by atoms with E-state index in [2.05, 4.69) is 15.9 Å². The standard InChI is InChI=1S/C12H14BrClF2O2/c13-9-2-1-8(11(14)6-9)5-10(17)3-4-18-7-12(15)16/h1-2,6,10,12,17H,3-5,7H2. The lowest BCUT2D eigenvalue weighted by molar-refractivity contribution is 0.00512. The molecule has 1 unspecified atom stereocenters. The molecule has 0 radical (unpaired) electrons. The topological polar surface area (TPSA) is 29.5 Å². The minimum absolute atomic E-state index is 0.111. The first-order chi connectivity index (χ1) is 8.49. The molecule has 0 aromatic heterocycles. The van der Waals surface area contributed by atoms with E-state index in [1.54, 1.807) is 6.07 Å². The summed E-state index contributed by atoms with van der Waals surface area (Å²) in [4.78, 5) is 0. The van der Waals surface area contributed by atoms with Gasteiger partial charge < -0.3 is 9.84 Å². The van der Waals surface area contributed by atoms with Crippen LogP contribution in [0.15, 0.2) is 22.7 Å². The minimum Gasteiger partial charge on any atom is -0.393 e. The molecule has 0 fully saturated rings. The molecule has 1 aromatic carbocycles. The Labute approximate surface area is 118 Å². The van der Waals surface area contributed by atoms with Crippen molar-refractivity contribution in [2.45, 2.75) is 25.4 Å². The van der Waals surface area contributed by atoms with E-state index in [0.717, 1.165) is 10.0 Å². The molecule has 1 rings (SSSR count). The number of aliphatic hydroxyl groups is 1. The normalized spacial score (nSPS) is 13.0. The van der Waals surface area contributed by atoms with Crippen molar-refractivity contribution in [1.29, 1.82) is 0 Å². The third kappa shape index (κ3) is 6.09. The highest BCUT2D eigenvalue weighted by molar-refractivity contribution is 9.10. The van der Waals surface area contributed by atoms with Crippen molar-refractivity contribution in [3.63, 3.8) is 0 Å². The summed E-state index contributed by atoms with van der Waals surface area (Å²) in [7, 11) is 0. The second-order valence-corrected chi connectivity index (χ2v) is 5.17. The molecule has 0 aliphatic rings. The van der Waals surface area contributed by atoms with Gasteiger partial charge >= 0.3 is 0 Å². The van der Waals surface area contributed by atoms with Crippen LogP contribution in [0, 0.1) is 0 Å². The van der Waals surface area contributed by atoms with Crippen LogP contribution >= 0.6 is 27.5 Å². The maximum atomic E-state index is 11.8. The quantitative estimate of drug-likeness (QED) is 0.765. The van der Waals surface area contributed by atoms with E-state index < -0.39 is 19.1 Å². The predicted octanol–water partition coefficient (Wildman–Crippen LogP) is 3.68. The van der Waals surface area contributed by atoms with E-state index in [4.69, 9.17) is 16.3 Å².